The van der Waals surface area contributed by atoms with Gasteiger partial charge in [0, 0.05) is 0 Å². The molecular weight excluding hydrogens is 465 g/mol. The van der Waals surface area contributed by atoms with Crippen molar-refractivity contribution >= 4 is 31.1 Å². The van der Waals surface area contributed by atoms with Crippen molar-refractivity contribution in [1.29, 1.82) is 0 Å². The number of likely N-dealkylation sites (tertiary alicyclic amines) is 1. The van der Waals surface area contributed by atoms with Gasteiger partial charge in [-0.3, -0.25) is 9.59 Å². The third-order valence-electron chi connectivity index (χ3n) is 7.58. The van der Waals surface area contributed by atoms with Crippen LogP contribution >= 0.6 is 0 Å². The molecule has 1 aromatic heterocycles. The fourth-order valence-electron chi connectivity index (χ4n) is 6.04. The molecule has 0 bridgehead atoms. The highest BCUT2D eigenvalue weighted by molar-refractivity contribution is 6.43. The normalized spacial score (nSPS) is 26.4. The minimum Gasteiger partial charge on any atom is -0.459 e. The first-order valence-electron chi connectivity index (χ1n) is 12.7. The first-order chi connectivity index (χ1) is 17.3. The molecule has 2 saturated heterocycles. The molecule has 0 aromatic carbocycles. The van der Waals surface area contributed by atoms with Crippen LogP contribution in [-0.2, 0) is 25.6 Å². The molecule has 3 aliphatic rings. The lowest BCUT2D eigenvalue weighted by Gasteiger charge is -2.43. The number of carbonyl (C=O) groups excluding carboxylic acids is 3. The zero-order valence-electron chi connectivity index (χ0n) is 21.1. The van der Waals surface area contributed by atoms with Crippen molar-refractivity contribution in [3.63, 3.8) is 0 Å². The molecule has 1 aliphatic carbocycles. The molecule has 0 radical (unpaired) electrons. The summed E-state index contributed by atoms with van der Waals surface area (Å²) in [5, 5.41) is 19.9. The molecule has 1 aromatic rings. The Kier molecular flexibility index (Phi) is 8.17. The summed E-state index contributed by atoms with van der Waals surface area (Å²) < 4.78 is 16.3. The lowest BCUT2D eigenvalue weighted by Crippen LogP contribution is -2.46. The van der Waals surface area contributed by atoms with E-state index in [9.17, 15) is 24.5 Å². The summed E-state index contributed by atoms with van der Waals surface area (Å²) in [5.74, 6) is -1.58. The average Bonchev–Trinajstić information content (AvgIpc) is 3.42. The molecule has 2 fully saturated rings. The highest BCUT2D eigenvalue weighted by Crippen LogP contribution is 2.51. The zero-order chi connectivity index (χ0) is 26.0. The van der Waals surface area contributed by atoms with Crippen LogP contribution in [0.2, 0.25) is 6.32 Å². The van der Waals surface area contributed by atoms with E-state index >= 15 is 0 Å². The predicted molar refractivity (Wildman–Crippen MR) is 131 cm³/mol. The van der Waals surface area contributed by atoms with Gasteiger partial charge in [-0.2, -0.15) is 4.90 Å². The van der Waals surface area contributed by atoms with E-state index in [2.05, 4.69) is 11.7 Å². The second-order valence-corrected chi connectivity index (χ2v) is 9.71. The van der Waals surface area contributed by atoms with Crippen molar-refractivity contribution in [1.82, 2.24) is 4.90 Å². The maximum absolute atomic E-state index is 13.2. The van der Waals surface area contributed by atoms with E-state index in [1.54, 1.807) is 6.07 Å². The van der Waals surface area contributed by atoms with Gasteiger partial charge in [0.2, 0.25) is 11.8 Å². The first-order valence-corrected chi connectivity index (χ1v) is 12.7. The van der Waals surface area contributed by atoms with Gasteiger partial charge in [0.1, 0.15) is 18.1 Å². The van der Waals surface area contributed by atoms with E-state index in [0.717, 1.165) is 36.7 Å². The topological polar surface area (TPSA) is 127 Å². The van der Waals surface area contributed by atoms with Gasteiger partial charge in [-0.25, -0.2) is 4.79 Å². The van der Waals surface area contributed by atoms with Crippen molar-refractivity contribution in [3.05, 3.63) is 40.4 Å². The minimum atomic E-state index is -1.06. The van der Waals surface area contributed by atoms with Crippen LogP contribution in [0.4, 0.5) is 4.79 Å². The summed E-state index contributed by atoms with van der Waals surface area (Å²) in [6, 6.07) is 3.57. The van der Waals surface area contributed by atoms with Crippen LogP contribution in [0, 0.1) is 17.8 Å². The Morgan fingerprint density at radius 2 is 2.00 bits per heavy atom. The molecule has 0 spiro atoms. The van der Waals surface area contributed by atoms with Gasteiger partial charge in [-0.15, -0.1) is 0 Å². The number of aliphatic hydroxyl groups is 1. The largest absolute Gasteiger partial charge is 0.459 e. The van der Waals surface area contributed by atoms with E-state index in [4.69, 9.17) is 9.07 Å². The van der Waals surface area contributed by atoms with Crippen molar-refractivity contribution in [2.75, 3.05) is 7.11 Å². The zero-order valence-corrected chi connectivity index (χ0v) is 21.1. The number of rotatable bonds is 8. The van der Waals surface area contributed by atoms with E-state index < -0.39 is 43.0 Å². The average molecular weight is 499 g/mol. The maximum Gasteiger partial charge on any atom is 0.455 e. The smallest absolute Gasteiger partial charge is 0.455 e. The molecular formula is C26H34BNO8. The molecule has 2 aliphatic heterocycles. The number of carbonyl (C=O) groups is 3. The number of amides is 3. The van der Waals surface area contributed by atoms with E-state index in [1.807, 2.05) is 19.1 Å². The SMILES string of the molecule is CCC/C(=C\c1ccc(CO)o1)CC[C@H]1OB(O)C[C@H]2C1=C(CC)C[C@H]1C(=O)N(C(=O)OC)C(=O)[C@H]12. The second kappa shape index (κ2) is 11.1. The highest BCUT2D eigenvalue weighted by atomic mass is 16.5. The monoisotopic (exact) mass is 499 g/mol. The van der Waals surface area contributed by atoms with Gasteiger partial charge in [-0.05, 0) is 68.1 Å². The molecule has 0 saturated carbocycles. The minimum absolute atomic E-state index is 0.156. The summed E-state index contributed by atoms with van der Waals surface area (Å²) in [5.41, 5.74) is 3.21. The lowest BCUT2D eigenvalue weighted by atomic mass is 9.58. The molecule has 36 heavy (non-hydrogen) atoms. The van der Waals surface area contributed by atoms with Crippen molar-refractivity contribution in [3.8, 4) is 0 Å². The molecule has 194 valence electrons. The number of imide groups is 3. The van der Waals surface area contributed by atoms with Gasteiger partial charge < -0.3 is 23.9 Å². The van der Waals surface area contributed by atoms with E-state index in [0.29, 0.717) is 42.1 Å². The Bertz CT molecular complexity index is 1080. The molecule has 10 heteroatoms. The number of ether oxygens (including phenoxy) is 1. The van der Waals surface area contributed by atoms with Gasteiger partial charge in [0.25, 0.3) is 0 Å². The van der Waals surface area contributed by atoms with Crippen LogP contribution in [0.5, 0.6) is 0 Å². The standard InChI is InChI=1S/C26H34BNO8/c1-4-6-15(11-17-8-9-18(14-29)35-17)7-10-21-22-16(5-2)12-19-23(20(22)13-27(33)36-21)25(31)28(24(19)30)26(32)34-3/h8-9,11,19-21,23,29,33H,4-7,10,12-14H2,1-3H3/b15-11+/t19-,20+,21-,23-/m1/s1. The van der Waals surface area contributed by atoms with Crippen LogP contribution in [0.15, 0.2) is 33.3 Å². The van der Waals surface area contributed by atoms with Crippen LogP contribution in [-0.4, -0.2) is 53.3 Å². The van der Waals surface area contributed by atoms with Crippen molar-refractivity contribution in [2.45, 2.75) is 71.4 Å². The fourth-order valence-corrected chi connectivity index (χ4v) is 6.04. The Balaban J connectivity index is 1.60. The molecule has 4 rings (SSSR count). The molecule has 3 heterocycles. The first kappa shape index (κ1) is 26.4. The lowest BCUT2D eigenvalue weighted by molar-refractivity contribution is -0.137. The van der Waals surface area contributed by atoms with Gasteiger partial charge in [0.15, 0.2) is 0 Å². The fraction of sp³-hybridized carbons (Fsp3) is 0.577. The summed E-state index contributed by atoms with van der Waals surface area (Å²) >= 11 is 0. The van der Waals surface area contributed by atoms with Crippen molar-refractivity contribution in [2.24, 2.45) is 17.8 Å². The number of hydrogen-bond acceptors (Lipinski definition) is 8. The van der Waals surface area contributed by atoms with E-state index in [-0.39, 0.29) is 18.8 Å². The molecule has 0 unspecified atom stereocenters. The number of fused-ring (bicyclic) bond motifs is 3. The number of furan rings is 1. The highest BCUT2D eigenvalue weighted by Gasteiger charge is 2.58. The number of hydrogen-bond donors (Lipinski definition) is 2. The predicted octanol–water partition coefficient (Wildman–Crippen LogP) is 3.71. The van der Waals surface area contributed by atoms with Crippen molar-refractivity contribution < 1.29 is 38.3 Å². The van der Waals surface area contributed by atoms with Crippen LogP contribution in [0.1, 0.15) is 63.9 Å². The third kappa shape index (κ3) is 4.94. The second-order valence-electron chi connectivity index (χ2n) is 9.71. The molecule has 2 N–H and O–H groups in total. The summed E-state index contributed by atoms with van der Waals surface area (Å²) in [6.45, 7) is 3.96. The van der Waals surface area contributed by atoms with Crippen LogP contribution < -0.4 is 0 Å². The van der Waals surface area contributed by atoms with Gasteiger partial charge >= 0.3 is 13.2 Å². The molecule has 3 amide bonds. The third-order valence-corrected chi connectivity index (χ3v) is 7.58. The Morgan fingerprint density at radius 1 is 1.22 bits per heavy atom. The Hall–Kier alpha value is -2.69. The van der Waals surface area contributed by atoms with Crippen LogP contribution in [0.3, 0.4) is 0 Å². The summed E-state index contributed by atoms with van der Waals surface area (Å²) in [7, 11) is 0.0844. The van der Waals surface area contributed by atoms with Gasteiger partial charge in [-0.1, -0.05) is 31.4 Å². The summed E-state index contributed by atoms with van der Waals surface area (Å²) in [4.78, 5) is 39.0. The Morgan fingerprint density at radius 3 is 2.64 bits per heavy atom. The van der Waals surface area contributed by atoms with Gasteiger partial charge in [0.05, 0.1) is 25.0 Å². The molecule has 9 nitrogen and oxygen atoms in total. The number of allylic oxidation sites excluding steroid dienone is 2. The number of nitrogens with zero attached hydrogens (tertiary/aromatic N) is 1. The maximum atomic E-state index is 13.2. The van der Waals surface area contributed by atoms with Crippen LogP contribution in [0.25, 0.3) is 6.08 Å². The number of aliphatic hydroxyl groups excluding tert-OH is 1. The molecule has 4 atom stereocenters. The quantitative estimate of drug-likeness (QED) is 0.315. The van der Waals surface area contributed by atoms with E-state index in [1.165, 1.54) is 0 Å². The Labute approximate surface area is 211 Å². The summed E-state index contributed by atoms with van der Waals surface area (Å²) in [6.07, 6.45) is 5.04. The number of methoxy groups -OCH3 is 1.